The van der Waals surface area contributed by atoms with Crippen molar-refractivity contribution in [3.8, 4) is 5.75 Å². The van der Waals surface area contributed by atoms with Crippen molar-refractivity contribution < 1.29 is 22.3 Å². The molecule has 8 nitrogen and oxygen atoms in total. The van der Waals surface area contributed by atoms with Gasteiger partial charge < -0.3 is 9.64 Å². The first-order valence-corrected chi connectivity index (χ1v) is 13.1. The standard InChI is InChI=1S/C23H27FN4O4S2/c1-26(2)14-15-27(23-25-21-19(32-3)7-4-8-20(21)33-23)22(29)18-6-5-13-28(18)34(30,31)17-11-9-16(24)10-12-17/h4,7-12,18H,5-6,13-15H2,1-3H3. The molecule has 1 fully saturated rings. The molecule has 0 saturated carbocycles. The fourth-order valence-electron chi connectivity index (χ4n) is 3.99. The zero-order valence-corrected chi connectivity index (χ0v) is 20.9. The third kappa shape index (κ3) is 4.78. The highest BCUT2D eigenvalue weighted by Gasteiger charge is 2.42. The van der Waals surface area contributed by atoms with E-state index in [2.05, 4.69) is 4.98 Å². The average Bonchev–Trinajstić information content (AvgIpc) is 3.47. The van der Waals surface area contributed by atoms with Crippen molar-refractivity contribution in [2.75, 3.05) is 45.7 Å². The second kappa shape index (κ2) is 9.95. The summed E-state index contributed by atoms with van der Waals surface area (Å²) in [5, 5.41) is 0.498. The Morgan fingerprint density at radius 3 is 2.62 bits per heavy atom. The van der Waals surface area contributed by atoms with E-state index in [0.29, 0.717) is 42.3 Å². The number of rotatable bonds is 8. The Kier molecular flexibility index (Phi) is 7.17. The predicted molar refractivity (Wildman–Crippen MR) is 130 cm³/mol. The Balaban J connectivity index is 1.69. The SMILES string of the molecule is COc1cccc2sc(N(CCN(C)C)C(=O)C3CCCN3S(=O)(=O)c3ccc(F)cc3)nc12. The van der Waals surface area contributed by atoms with Crippen LogP contribution < -0.4 is 9.64 Å². The minimum atomic E-state index is -3.96. The predicted octanol–water partition coefficient (Wildman–Crippen LogP) is 3.19. The molecule has 1 aliphatic rings. The van der Waals surface area contributed by atoms with E-state index in [-0.39, 0.29) is 17.3 Å². The lowest BCUT2D eigenvalue weighted by molar-refractivity contribution is -0.121. The molecule has 1 saturated heterocycles. The van der Waals surface area contributed by atoms with Gasteiger partial charge in [-0.25, -0.2) is 17.8 Å². The number of halogens is 1. The number of sulfonamides is 1. The molecule has 0 bridgehead atoms. The smallest absolute Gasteiger partial charge is 0.247 e. The van der Waals surface area contributed by atoms with Crippen LogP contribution in [0, 0.1) is 5.82 Å². The summed E-state index contributed by atoms with van der Waals surface area (Å²) >= 11 is 1.37. The van der Waals surface area contributed by atoms with Gasteiger partial charge in [-0.3, -0.25) is 9.69 Å². The van der Waals surface area contributed by atoms with Gasteiger partial charge in [0.2, 0.25) is 15.9 Å². The summed E-state index contributed by atoms with van der Waals surface area (Å²) in [4.78, 5) is 22.0. The van der Waals surface area contributed by atoms with E-state index in [4.69, 9.17) is 4.74 Å². The summed E-state index contributed by atoms with van der Waals surface area (Å²) in [5.41, 5.74) is 0.662. The second-order valence-corrected chi connectivity index (χ2v) is 11.2. The molecule has 1 unspecified atom stereocenters. The van der Waals surface area contributed by atoms with Crippen molar-refractivity contribution in [3.63, 3.8) is 0 Å². The number of carbonyl (C=O) groups excluding carboxylic acids is 1. The fourth-order valence-corrected chi connectivity index (χ4v) is 6.65. The van der Waals surface area contributed by atoms with E-state index in [1.165, 1.54) is 27.8 Å². The molecule has 2 heterocycles. The van der Waals surface area contributed by atoms with Crippen LogP contribution in [-0.2, 0) is 14.8 Å². The van der Waals surface area contributed by atoms with Crippen LogP contribution in [0.1, 0.15) is 12.8 Å². The molecule has 1 amide bonds. The lowest BCUT2D eigenvalue weighted by Gasteiger charge is -2.29. The van der Waals surface area contributed by atoms with Gasteiger partial charge in [0.15, 0.2) is 5.13 Å². The number of methoxy groups -OCH3 is 1. The molecule has 0 spiro atoms. The molecule has 11 heteroatoms. The molecule has 0 N–H and O–H groups in total. The highest BCUT2D eigenvalue weighted by Crippen LogP contribution is 2.35. The molecule has 4 rings (SSSR count). The Bertz CT molecular complexity index is 1280. The molecule has 1 atom stereocenters. The third-order valence-corrected chi connectivity index (χ3v) is 8.73. The Morgan fingerprint density at radius 2 is 1.94 bits per heavy atom. The summed E-state index contributed by atoms with van der Waals surface area (Å²) in [5.74, 6) is -0.224. The van der Waals surface area contributed by atoms with Crippen LogP contribution in [-0.4, -0.2) is 75.4 Å². The minimum Gasteiger partial charge on any atom is -0.494 e. The van der Waals surface area contributed by atoms with Crippen molar-refractivity contribution in [3.05, 3.63) is 48.3 Å². The maximum absolute atomic E-state index is 13.8. The maximum atomic E-state index is 13.8. The van der Waals surface area contributed by atoms with Gasteiger partial charge in [0.05, 0.1) is 16.7 Å². The fraction of sp³-hybridized carbons (Fsp3) is 0.391. The van der Waals surface area contributed by atoms with Crippen LogP contribution >= 0.6 is 11.3 Å². The molecule has 3 aromatic rings. The first kappa shape index (κ1) is 24.5. The zero-order chi connectivity index (χ0) is 24.5. The molecule has 1 aromatic heterocycles. The molecule has 0 aliphatic carbocycles. The number of aromatic nitrogens is 1. The Labute approximate surface area is 202 Å². The molecule has 182 valence electrons. The number of benzene rings is 2. The molecule has 34 heavy (non-hydrogen) atoms. The van der Waals surface area contributed by atoms with Gasteiger partial charge in [-0.1, -0.05) is 17.4 Å². The summed E-state index contributed by atoms with van der Waals surface area (Å²) in [6.07, 6.45) is 0.970. The van der Waals surface area contributed by atoms with Gasteiger partial charge in [-0.15, -0.1) is 0 Å². The first-order valence-electron chi connectivity index (χ1n) is 10.9. The highest BCUT2D eigenvalue weighted by atomic mass is 32.2. The van der Waals surface area contributed by atoms with Crippen molar-refractivity contribution in [1.82, 2.24) is 14.2 Å². The quantitative estimate of drug-likeness (QED) is 0.467. The molecular weight excluding hydrogens is 479 g/mol. The third-order valence-electron chi connectivity index (χ3n) is 5.77. The van der Waals surface area contributed by atoms with E-state index in [0.717, 1.165) is 16.8 Å². The summed E-state index contributed by atoms with van der Waals surface area (Å²) in [7, 11) is 1.42. The largest absolute Gasteiger partial charge is 0.494 e. The number of para-hydroxylation sites is 1. The molecule has 2 aromatic carbocycles. The minimum absolute atomic E-state index is 0.0295. The lowest BCUT2D eigenvalue weighted by Crippen LogP contribution is -2.49. The number of fused-ring (bicyclic) bond motifs is 1. The topological polar surface area (TPSA) is 83.0 Å². The maximum Gasteiger partial charge on any atom is 0.247 e. The van der Waals surface area contributed by atoms with Gasteiger partial charge in [0, 0.05) is 19.6 Å². The van der Waals surface area contributed by atoms with Crippen molar-refractivity contribution >= 4 is 42.6 Å². The van der Waals surface area contributed by atoms with Crippen molar-refractivity contribution in [1.29, 1.82) is 0 Å². The number of amides is 1. The number of hydrogen-bond acceptors (Lipinski definition) is 7. The average molecular weight is 507 g/mol. The van der Waals surface area contributed by atoms with Crippen LogP contribution in [0.4, 0.5) is 9.52 Å². The number of thiazole rings is 1. The van der Waals surface area contributed by atoms with Crippen molar-refractivity contribution in [2.45, 2.75) is 23.8 Å². The van der Waals surface area contributed by atoms with E-state index < -0.39 is 21.9 Å². The van der Waals surface area contributed by atoms with Gasteiger partial charge in [0.1, 0.15) is 23.1 Å². The number of ether oxygens (including phenoxy) is 1. The van der Waals surface area contributed by atoms with Crippen LogP contribution in [0.3, 0.4) is 0 Å². The first-order chi connectivity index (χ1) is 16.2. The number of hydrogen-bond donors (Lipinski definition) is 0. The monoisotopic (exact) mass is 506 g/mol. The van der Waals surface area contributed by atoms with Crippen LogP contribution in [0.15, 0.2) is 47.4 Å². The zero-order valence-electron chi connectivity index (χ0n) is 19.3. The van der Waals surface area contributed by atoms with Crippen molar-refractivity contribution in [2.24, 2.45) is 0 Å². The Morgan fingerprint density at radius 1 is 1.21 bits per heavy atom. The lowest BCUT2D eigenvalue weighted by atomic mass is 10.2. The molecule has 0 radical (unpaired) electrons. The number of nitrogens with zero attached hydrogens (tertiary/aromatic N) is 4. The number of anilines is 1. The summed E-state index contributed by atoms with van der Waals surface area (Å²) in [6, 6.07) is 9.41. The number of carbonyl (C=O) groups is 1. The highest BCUT2D eigenvalue weighted by molar-refractivity contribution is 7.89. The van der Waals surface area contributed by atoms with Gasteiger partial charge in [-0.05, 0) is 63.3 Å². The van der Waals surface area contributed by atoms with Crippen LogP contribution in [0.5, 0.6) is 5.75 Å². The van der Waals surface area contributed by atoms with Crippen LogP contribution in [0.25, 0.3) is 10.2 Å². The molecule has 1 aliphatic heterocycles. The Hall–Kier alpha value is -2.60. The summed E-state index contributed by atoms with van der Waals surface area (Å²) < 4.78 is 47.5. The normalized spacial score (nSPS) is 16.9. The van der Waals surface area contributed by atoms with E-state index >= 15 is 0 Å². The van der Waals surface area contributed by atoms with Gasteiger partial charge in [0.25, 0.3) is 0 Å². The summed E-state index contributed by atoms with van der Waals surface area (Å²) in [6.45, 7) is 1.16. The molecular formula is C23H27FN4O4S2. The van der Waals surface area contributed by atoms with Gasteiger partial charge in [-0.2, -0.15) is 4.31 Å². The van der Waals surface area contributed by atoms with E-state index in [1.54, 1.807) is 12.0 Å². The van der Waals surface area contributed by atoms with Crippen LogP contribution in [0.2, 0.25) is 0 Å². The number of likely N-dealkylation sites (N-methyl/N-ethyl adjacent to an activating group) is 1. The van der Waals surface area contributed by atoms with E-state index in [1.807, 2.05) is 37.2 Å². The second-order valence-electron chi connectivity index (χ2n) is 8.32. The van der Waals surface area contributed by atoms with E-state index in [9.17, 15) is 17.6 Å². The van der Waals surface area contributed by atoms with Gasteiger partial charge >= 0.3 is 0 Å².